The van der Waals surface area contributed by atoms with Gasteiger partial charge in [-0.25, -0.2) is 0 Å². The molecule has 0 aliphatic rings. The summed E-state index contributed by atoms with van der Waals surface area (Å²) in [5, 5.41) is 0.774. The second-order valence-electron chi connectivity index (χ2n) is 3.95. The SMILES string of the molecule is CCc1cc(Oc2ccccc2CCl)ccc1Cl. The summed E-state index contributed by atoms with van der Waals surface area (Å²) in [5.41, 5.74) is 2.06. The van der Waals surface area contributed by atoms with E-state index in [1.807, 2.05) is 42.5 Å². The van der Waals surface area contributed by atoms with Gasteiger partial charge < -0.3 is 4.74 Å². The molecule has 1 nitrogen and oxygen atoms in total. The van der Waals surface area contributed by atoms with Gasteiger partial charge in [0, 0.05) is 10.6 Å². The van der Waals surface area contributed by atoms with Gasteiger partial charge in [-0.05, 0) is 36.2 Å². The Hall–Kier alpha value is -1.18. The van der Waals surface area contributed by atoms with E-state index in [4.69, 9.17) is 27.9 Å². The lowest BCUT2D eigenvalue weighted by atomic mass is 10.1. The van der Waals surface area contributed by atoms with Gasteiger partial charge in [-0.15, -0.1) is 11.6 Å². The Balaban J connectivity index is 2.28. The second kappa shape index (κ2) is 6.12. The van der Waals surface area contributed by atoms with E-state index in [0.717, 1.165) is 34.1 Å². The standard InChI is InChI=1S/C15H14Cl2O/c1-2-11-9-13(7-8-14(11)17)18-15-6-4-3-5-12(15)10-16/h3-9H,2,10H2,1H3. The van der Waals surface area contributed by atoms with Crippen molar-refractivity contribution in [2.24, 2.45) is 0 Å². The Morgan fingerprint density at radius 3 is 2.56 bits per heavy atom. The molecule has 0 unspecified atom stereocenters. The lowest BCUT2D eigenvalue weighted by Gasteiger charge is -2.11. The molecule has 0 saturated carbocycles. The number of benzene rings is 2. The van der Waals surface area contributed by atoms with E-state index in [1.165, 1.54) is 0 Å². The number of halogens is 2. The molecule has 18 heavy (non-hydrogen) atoms. The van der Waals surface area contributed by atoms with E-state index in [1.54, 1.807) is 0 Å². The van der Waals surface area contributed by atoms with E-state index >= 15 is 0 Å². The Bertz CT molecular complexity index is 538. The van der Waals surface area contributed by atoms with Gasteiger partial charge in [-0.1, -0.05) is 36.7 Å². The number of para-hydroxylation sites is 1. The third-order valence-corrected chi connectivity index (χ3v) is 3.40. The first-order valence-electron chi connectivity index (χ1n) is 5.84. The van der Waals surface area contributed by atoms with Crippen LogP contribution < -0.4 is 4.74 Å². The lowest BCUT2D eigenvalue weighted by molar-refractivity contribution is 0.478. The summed E-state index contributed by atoms with van der Waals surface area (Å²) in [7, 11) is 0. The zero-order valence-corrected chi connectivity index (χ0v) is 11.6. The van der Waals surface area contributed by atoms with Crippen LogP contribution in [0.5, 0.6) is 11.5 Å². The zero-order chi connectivity index (χ0) is 13.0. The van der Waals surface area contributed by atoms with Gasteiger partial charge in [-0.3, -0.25) is 0 Å². The third-order valence-electron chi connectivity index (χ3n) is 2.74. The van der Waals surface area contributed by atoms with Gasteiger partial charge in [0.15, 0.2) is 0 Å². The normalized spacial score (nSPS) is 10.4. The van der Waals surface area contributed by atoms with Crippen molar-refractivity contribution in [1.82, 2.24) is 0 Å². The highest BCUT2D eigenvalue weighted by Crippen LogP contribution is 2.29. The number of aryl methyl sites for hydroxylation is 1. The Labute approximate surface area is 117 Å². The molecule has 0 heterocycles. The van der Waals surface area contributed by atoms with Crippen molar-refractivity contribution in [2.75, 3.05) is 0 Å². The van der Waals surface area contributed by atoms with Crippen LogP contribution in [0.4, 0.5) is 0 Å². The monoisotopic (exact) mass is 280 g/mol. The molecule has 0 aliphatic heterocycles. The van der Waals surface area contributed by atoms with Crippen LogP contribution in [0.2, 0.25) is 5.02 Å². The number of hydrogen-bond acceptors (Lipinski definition) is 1. The maximum atomic E-state index is 6.08. The van der Waals surface area contributed by atoms with Gasteiger partial charge in [0.2, 0.25) is 0 Å². The smallest absolute Gasteiger partial charge is 0.131 e. The summed E-state index contributed by atoms with van der Waals surface area (Å²) in [5.74, 6) is 2.01. The van der Waals surface area contributed by atoms with Gasteiger partial charge in [0.25, 0.3) is 0 Å². The van der Waals surface area contributed by atoms with Crippen LogP contribution in [0.3, 0.4) is 0 Å². The van der Waals surface area contributed by atoms with Gasteiger partial charge in [-0.2, -0.15) is 0 Å². The average Bonchev–Trinajstić information content (AvgIpc) is 2.41. The highest BCUT2D eigenvalue weighted by Gasteiger charge is 2.05. The molecule has 0 radical (unpaired) electrons. The molecule has 0 spiro atoms. The van der Waals surface area contributed by atoms with Crippen LogP contribution in [0, 0.1) is 0 Å². The highest BCUT2D eigenvalue weighted by atomic mass is 35.5. The zero-order valence-electron chi connectivity index (χ0n) is 10.1. The van der Waals surface area contributed by atoms with Crippen molar-refractivity contribution in [3.05, 3.63) is 58.6 Å². The maximum absolute atomic E-state index is 6.08. The summed E-state index contributed by atoms with van der Waals surface area (Å²) in [6.45, 7) is 2.07. The molecule has 3 heteroatoms. The van der Waals surface area contributed by atoms with Crippen molar-refractivity contribution in [3.63, 3.8) is 0 Å². The second-order valence-corrected chi connectivity index (χ2v) is 4.62. The van der Waals surface area contributed by atoms with E-state index in [2.05, 4.69) is 6.92 Å². The van der Waals surface area contributed by atoms with Crippen molar-refractivity contribution < 1.29 is 4.74 Å². The molecule has 0 aromatic heterocycles. The van der Waals surface area contributed by atoms with E-state index in [0.29, 0.717) is 5.88 Å². The van der Waals surface area contributed by atoms with Crippen LogP contribution in [-0.2, 0) is 12.3 Å². The van der Waals surface area contributed by atoms with Crippen LogP contribution in [0.1, 0.15) is 18.1 Å². The summed E-state index contributed by atoms with van der Waals surface area (Å²) in [4.78, 5) is 0. The van der Waals surface area contributed by atoms with Crippen molar-refractivity contribution >= 4 is 23.2 Å². The largest absolute Gasteiger partial charge is 0.457 e. The first kappa shape index (κ1) is 13.3. The molecule has 0 fully saturated rings. The number of alkyl halides is 1. The summed E-state index contributed by atoms with van der Waals surface area (Å²) in [6.07, 6.45) is 0.882. The number of hydrogen-bond donors (Lipinski definition) is 0. The molecule has 0 amide bonds. The van der Waals surface area contributed by atoms with Crippen molar-refractivity contribution in [3.8, 4) is 11.5 Å². The Morgan fingerprint density at radius 2 is 1.83 bits per heavy atom. The van der Waals surface area contributed by atoms with Crippen LogP contribution in [-0.4, -0.2) is 0 Å². The number of rotatable bonds is 4. The first-order chi connectivity index (χ1) is 8.74. The minimum atomic E-state index is 0.435. The predicted molar refractivity (Wildman–Crippen MR) is 76.9 cm³/mol. The average molecular weight is 281 g/mol. The Morgan fingerprint density at radius 1 is 1.06 bits per heavy atom. The molecule has 94 valence electrons. The predicted octanol–water partition coefficient (Wildman–Crippen LogP) is 5.43. The number of ether oxygens (including phenoxy) is 1. The summed E-state index contributed by atoms with van der Waals surface area (Å²) in [6, 6.07) is 13.4. The molecule has 2 rings (SSSR count). The summed E-state index contributed by atoms with van der Waals surface area (Å²) < 4.78 is 5.85. The first-order valence-corrected chi connectivity index (χ1v) is 6.76. The molecule has 2 aromatic rings. The molecule has 0 bridgehead atoms. The quantitative estimate of drug-likeness (QED) is 0.678. The molecule has 0 N–H and O–H groups in total. The fraction of sp³-hybridized carbons (Fsp3) is 0.200. The fourth-order valence-corrected chi connectivity index (χ4v) is 2.20. The van der Waals surface area contributed by atoms with E-state index < -0.39 is 0 Å². The topological polar surface area (TPSA) is 9.23 Å². The Kier molecular flexibility index (Phi) is 4.51. The fourth-order valence-electron chi connectivity index (χ4n) is 1.73. The highest BCUT2D eigenvalue weighted by molar-refractivity contribution is 6.31. The van der Waals surface area contributed by atoms with Crippen molar-refractivity contribution in [1.29, 1.82) is 0 Å². The minimum Gasteiger partial charge on any atom is -0.457 e. The van der Waals surface area contributed by atoms with Crippen LogP contribution in [0.25, 0.3) is 0 Å². The molecule has 0 saturated heterocycles. The molecule has 0 aliphatic carbocycles. The van der Waals surface area contributed by atoms with Gasteiger partial charge >= 0.3 is 0 Å². The molecular formula is C15H14Cl2O. The van der Waals surface area contributed by atoms with Crippen LogP contribution in [0.15, 0.2) is 42.5 Å². The van der Waals surface area contributed by atoms with Gasteiger partial charge in [0.1, 0.15) is 11.5 Å². The lowest BCUT2D eigenvalue weighted by Crippen LogP contribution is -1.91. The molecule has 2 aromatic carbocycles. The molecule has 0 atom stereocenters. The maximum Gasteiger partial charge on any atom is 0.131 e. The van der Waals surface area contributed by atoms with Crippen molar-refractivity contribution in [2.45, 2.75) is 19.2 Å². The van der Waals surface area contributed by atoms with Crippen LogP contribution >= 0.6 is 23.2 Å². The van der Waals surface area contributed by atoms with Gasteiger partial charge in [0.05, 0.1) is 5.88 Å². The summed E-state index contributed by atoms with van der Waals surface area (Å²) >= 11 is 12.0. The third kappa shape index (κ3) is 2.98. The van der Waals surface area contributed by atoms with E-state index in [-0.39, 0.29) is 0 Å². The van der Waals surface area contributed by atoms with E-state index in [9.17, 15) is 0 Å². The molecular weight excluding hydrogens is 267 g/mol. The minimum absolute atomic E-state index is 0.435.